The van der Waals surface area contributed by atoms with Crippen molar-refractivity contribution in [3.05, 3.63) is 53.0 Å². The summed E-state index contributed by atoms with van der Waals surface area (Å²) < 4.78 is 5.31. The minimum atomic E-state index is -0.139. The van der Waals surface area contributed by atoms with E-state index in [1.165, 1.54) is 0 Å². The number of benzene rings is 1. The number of nitriles is 1. The van der Waals surface area contributed by atoms with Gasteiger partial charge >= 0.3 is 0 Å². The summed E-state index contributed by atoms with van der Waals surface area (Å²) in [6, 6.07) is 9.69. The van der Waals surface area contributed by atoms with Gasteiger partial charge in [-0.05, 0) is 44.0 Å². The molecule has 0 aliphatic heterocycles. The quantitative estimate of drug-likeness (QED) is 0.672. The average molecular weight is 397 g/mol. The standard InChI is InChI=1S/C22H28N4O3/c1-16-11-17(2)22(18(3)12-16)24-20(27)14-25(4)15-21(28)26(9-6-8-23)13-19-7-5-10-29-19/h5,7,10-12H,6,9,13-15H2,1-4H3,(H,24,27)/p+1. The smallest absolute Gasteiger partial charge is 0.279 e. The van der Waals surface area contributed by atoms with E-state index in [2.05, 4.69) is 11.4 Å². The molecule has 1 heterocycles. The van der Waals surface area contributed by atoms with Gasteiger partial charge in [-0.25, -0.2) is 0 Å². The number of likely N-dealkylation sites (N-methyl/N-ethyl adjacent to an activating group) is 1. The summed E-state index contributed by atoms with van der Waals surface area (Å²) in [4.78, 5) is 27.5. The minimum Gasteiger partial charge on any atom is -0.467 e. The fourth-order valence-corrected chi connectivity index (χ4v) is 3.33. The molecule has 7 nitrogen and oxygen atoms in total. The number of hydrogen-bond acceptors (Lipinski definition) is 4. The Morgan fingerprint density at radius 2 is 1.90 bits per heavy atom. The number of carbonyl (C=O) groups excluding carboxylic acids is 2. The van der Waals surface area contributed by atoms with Crippen LogP contribution in [0, 0.1) is 32.1 Å². The normalized spacial score (nSPS) is 11.6. The average Bonchev–Trinajstić information content (AvgIpc) is 3.14. The predicted molar refractivity (Wildman–Crippen MR) is 110 cm³/mol. The summed E-state index contributed by atoms with van der Waals surface area (Å²) in [5.74, 6) is 0.404. The van der Waals surface area contributed by atoms with Crippen LogP contribution in [-0.2, 0) is 16.1 Å². The van der Waals surface area contributed by atoms with Gasteiger partial charge in [0.1, 0.15) is 5.76 Å². The molecule has 0 aliphatic carbocycles. The molecule has 2 amide bonds. The van der Waals surface area contributed by atoms with Crippen LogP contribution < -0.4 is 10.2 Å². The molecule has 7 heteroatoms. The first-order chi connectivity index (χ1) is 13.8. The number of anilines is 1. The molecule has 2 N–H and O–H groups in total. The Balaban J connectivity index is 1.93. The second-order valence-electron chi connectivity index (χ2n) is 7.44. The van der Waals surface area contributed by atoms with Crippen molar-refractivity contribution in [3.63, 3.8) is 0 Å². The van der Waals surface area contributed by atoms with Crippen molar-refractivity contribution in [1.29, 1.82) is 5.26 Å². The molecule has 0 radical (unpaired) electrons. The van der Waals surface area contributed by atoms with Crippen molar-refractivity contribution in [1.82, 2.24) is 4.90 Å². The number of quaternary nitrogens is 1. The van der Waals surface area contributed by atoms with E-state index in [9.17, 15) is 9.59 Å². The Labute approximate surface area is 171 Å². The number of hydrogen-bond donors (Lipinski definition) is 2. The van der Waals surface area contributed by atoms with Gasteiger partial charge in [-0.1, -0.05) is 17.7 Å². The maximum atomic E-state index is 12.7. The minimum absolute atomic E-state index is 0.121. The van der Waals surface area contributed by atoms with Crippen LogP contribution >= 0.6 is 0 Å². The molecule has 1 unspecified atom stereocenters. The lowest BCUT2D eigenvalue weighted by molar-refractivity contribution is -0.862. The first-order valence-corrected chi connectivity index (χ1v) is 9.66. The van der Waals surface area contributed by atoms with Gasteiger partial charge < -0.3 is 19.5 Å². The van der Waals surface area contributed by atoms with Gasteiger partial charge in [-0.3, -0.25) is 9.59 Å². The SMILES string of the molecule is Cc1cc(C)c(NC(=O)C[NH+](C)CC(=O)N(CCC#N)Cc2ccco2)c(C)c1. The van der Waals surface area contributed by atoms with Crippen LogP contribution in [0.4, 0.5) is 5.69 Å². The van der Waals surface area contributed by atoms with E-state index >= 15 is 0 Å². The van der Waals surface area contributed by atoms with Crippen molar-refractivity contribution in [2.75, 3.05) is 32.0 Å². The molecule has 29 heavy (non-hydrogen) atoms. The van der Waals surface area contributed by atoms with E-state index in [4.69, 9.17) is 9.68 Å². The van der Waals surface area contributed by atoms with Crippen LogP contribution in [0.25, 0.3) is 0 Å². The summed E-state index contributed by atoms with van der Waals surface area (Å²) in [6.45, 7) is 6.94. The van der Waals surface area contributed by atoms with Gasteiger partial charge in [-0.15, -0.1) is 0 Å². The lowest BCUT2D eigenvalue weighted by Gasteiger charge is -2.22. The molecule has 0 bridgehead atoms. The maximum Gasteiger partial charge on any atom is 0.279 e. The third kappa shape index (κ3) is 6.77. The Bertz CT molecular complexity index is 861. The molecule has 0 saturated carbocycles. The lowest BCUT2D eigenvalue weighted by Crippen LogP contribution is -3.11. The molecule has 1 aromatic heterocycles. The summed E-state index contributed by atoms with van der Waals surface area (Å²) in [5.41, 5.74) is 4.02. The number of carbonyl (C=O) groups is 2. The number of nitrogens with zero attached hydrogens (tertiary/aromatic N) is 2. The molecular weight excluding hydrogens is 368 g/mol. The number of furan rings is 1. The van der Waals surface area contributed by atoms with Crippen LogP contribution in [0.1, 0.15) is 28.9 Å². The highest BCUT2D eigenvalue weighted by atomic mass is 16.3. The van der Waals surface area contributed by atoms with Crippen LogP contribution in [0.2, 0.25) is 0 Å². The molecule has 1 aromatic carbocycles. The highest BCUT2D eigenvalue weighted by Crippen LogP contribution is 2.21. The van der Waals surface area contributed by atoms with Gasteiger partial charge in [0.05, 0.1) is 32.3 Å². The Morgan fingerprint density at radius 3 is 2.48 bits per heavy atom. The maximum absolute atomic E-state index is 12.7. The first kappa shape index (κ1) is 22.2. The molecule has 0 fully saturated rings. The van der Waals surface area contributed by atoms with Crippen LogP contribution in [0.5, 0.6) is 0 Å². The number of rotatable bonds is 9. The van der Waals surface area contributed by atoms with Crippen LogP contribution in [0.15, 0.2) is 34.9 Å². The van der Waals surface area contributed by atoms with Gasteiger partial charge in [-0.2, -0.15) is 5.26 Å². The van der Waals surface area contributed by atoms with Crippen molar-refractivity contribution in [2.24, 2.45) is 0 Å². The van der Waals surface area contributed by atoms with Crippen LogP contribution in [-0.4, -0.2) is 43.4 Å². The fraction of sp³-hybridized carbons (Fsp3) is 0.409. The third-order valence-corrected chi connectivity index (χ3v) is 4.63. The zero-order valence-corrected chi connectivity index (χ0v) is 17.5. The third-order valence-electron chi connectivity index (χ3n) is 4.63. The van der Waals surface area contributed by atoms with Gasteiger partial charge in [0.25, 0.3) is 11.8 Å². The molecule has 0 aliphatic rings. The first-order valence-electron chi connectivity index (χ1n) is 9.66. The largest absolute Gasteiger partial charge is 0.467 e. The predicted octanol–water partition coefficient (Wildman–Crippen LogP) is 1.60. The highest BCUT2D eigenvalue weighted by molar-refractivity contribution is 5.93. The van der Waals surface area contributed by atoms with E-state index in [0.29, 0.717) is 18.8 Å². The molecule has 0 spiro atoms. The van der Waals surface area contributed by atoms with Crippen LogP contribution in [0.3, 0.4) is 0 Å². The zero-order valence-electron chi connectivity index (χ0n) is 17.5. The summed E-state index contributed by atoms with van der Waals surface area (Å²) in [7, 11) is 1.81. The van der Waals surface area contributed by atoms with Crippen molar-refractivity contribution in [2.45, 2.75) is 33.7 Å². The molecule has 154 valence electrons. The van der Waals surface area contributed by atoms with E-state index < -0.39 is 0 Å². The second-order valence-corrected chi connectivity index (χ2v) is 7.44. The van der Waals surface area contributed by atoms with Gasteiger partial charge in [0, 0.05) is 12.2 Å². The van der Waals surface area contributed by atoms with Crippen molar-refractivity contribution >= 4 is 17.5 Å². The monoisotopic (exact) mass is 397 g/mol. The molecule has 2 aromatic rings. The second kappa shape index (κ2) is 10.4. The van der Waals surface area contributed by atoms with Crippen molar-refractivity contribution in [3.8, 4) is 6.07 Å². The summed E-state index contributed by atoms with van der Waals surface area (Å²) in [6.07, 6.45) is 1.80. The Morgan fingerprint density at radius 1 is 1.21 bits per heavy atom. The Kier molecular flexibility index (Phi) is 7.98. The highest BCUT2D eigenvalue weighted by Gasteiger charge is 2.21. The van der Waals surface area contributed by atoms with E-state index in [-0.39, 0.29) is 31.3 Å². The fourth-order valence-electron chi connectivity index (χ4n) is 3.33. The number of nitrogens with one attached hydrogen (secondary N) is 2. The topological polar surface area (TPSA) is 90.8 Å². The van der Waals surface area contributed by atoms with E-state index in [0.717, 1.165) is 27.3 Å². The zero-order chi connectivity index (χ0) is 21.4. The summed E-state index contributed by atoms with van der Waals surface area (Å²) >= 11 is 0. The number of aryl methyl sites for hydroxylation is 3. The van der Waals surface area contributed by atoms with E-state index in [1.54, 1.807) is 23.3 Å². The lowest BCUT2D eigenvalue weighted by atomic mass is 10.1. The van der Waals surface area contributed by atoms with Gasteiger partial charge in [0.2, 0.25) is 0 Å². The Hall–Kier alpha value is -3.11. The molecule has 0 saturated heterocycles. The summed E-state index contributed by atoms with van der Waals surface area (Å²) in [5, 5.41) is 11.8. The molecular formula is C22H29N4O3+. The van der Waals surface area contributed by atoms with Crippen molar-refractivity contribution < 1.29 is 18.9 Å². The van der Waals surface area contributed by atoms with Gasteiger partial charge in [0.15, 0.2) is 13.1 Å². The molecule has 2 rings (SSSR count). The number of amides is 2. The van der Waals surface area contributed by atoms with E-state index in [1.807, 2.05) is 40.0 Å². The molecule has 1 atom stereocenters.